The maximum absolute atomic E-state index is 12.3. The molecule has 0 bridgehead atoms. The molecule has 0 unspecified atom stereocenters. The number of carboxylic acids is 1. The van der Waals surface area contributed by atoms with E-state index in [1.165, 1.54) is 17.7 Å². The summed E-state index contributed by atoms with van der Waals surface area (Å²) < 4.78 is 5.88. The number of carboxylic acid groups (broad SMARTS) is 1. The third kappa shape index (κ3) is 4.67. The normalized spacial score (nSPS) is 19.5. The Morgan fingerprint density at radius 3 is 2.40 bits per heavy atom. The molecular weight excluding hydrogens is 318 g/mol. The Balaban J connectivity index is 1.46. The van der Waals surface area contributed by atoms with Crippen molar-refractivity contribution in [3.05, 3.63) is 71.3 Å². The second kappa shape index (κ2) is 7.94. The smallest absolute Gasteiger partial charge is 0.335 e. The number of carbonyl (C=O) groups is 2. The summed E-state index contributed by atoms with van der Waals surface area (Å²) in [6, 6.07) is 16.6. The Labute approximate surface area is 146 Å². The molecule has 3 rings (SSSR count). The molecule has 2 aromatic rings. The lowest BCUT2D eigenvalue weighted by atomic mass is 10.1. The van der Waals surface area contributed by atoms with Crippen molar-refractivity contribution < 1.29 is 19.4 Å². The molecule has 2 aromatic carbocycles. The molecule has 2 atom stereocenters. The fraction of sp³-hybridized carbons (Fsp3) is 0.300. The molecule has 0 aromatic heterocycles. The van der Waals surface area contributed by atoms with Crippen LogP contribution in [0.2, 0.25) is 0 Å². The molecule has 130 valence electrons. The highest BCUT2D eigenvalue weighted by molar-refractivity contribution is 5.87. The minimum Gasteiger partial charge on any atom is -0.478 e. The topological polar surface area (TPSA) is 75.6 Å². The van der Waals surface area contributed by atoms with Crippen molar-refractivity contribution >= 4 is 11.9 Å². The lowest BCUT2D eigenvalue weighted by Crippen LogP contribution is -2.34. The van der Waals surface area contributed by atoms with Crippen LogP contribution >= 0.6 is 0 Å². The number of rotatable bonds is 6. The van der Waals surface area contributed by atoms with E-state index >= 15 is 0 Å². The molecule has 0 spiro atoms. The van der Waals surface area contributed by atoms with Gasteiger partial charge < -0.3 is 15.2 Å². The molecule has 1 aliphatic heterocycles. The Bertz CT molecular complexity index is 727. The number of nitrogens with one attached hydrogen (secondary N) is 1. The zero-order valence-electron chi connectivity index (χ0n) is 13.9. The largest absolute Gasteiger partial charge is 0.478 e. The van der Waals surface area contributed by atoms with Crippen LogP contribution in [0.4, 0.5) is 0 Å². The van der Waals surface area contributed by atoms with Crippen molar-refractivity contribution in [2.45, 2.75) is 38.0 Å². The average molecular weight is 339 g/mol. The van der Waals surface area contributed by atoms with Crippen LogP contribution in [0.25, 0.3) is 0 Å². The van der Waals surface area contributed by atoms with E-state index in [9.17, 15) is 9.59 Å². The highest BCUT2D eigenvalue weighted by Gasteiger charge is 2.30. The number of hydrogen-bond donors (Lipinski definition) is 2. The summed E-state index contributed by atoms with van der Waals surface area (Å²) in [6.45, 7) is 0.363. The quantitative estimate of drug-likeness (QED) is 0.848. The van der Waals surface area contributed by atoms with E-state index in [0.717, 1.165) is 24.8 Å². The van der Waals surface area contributed by atoms with Crippen LogP contribution in [0.1, 0.15) is 34.3 Å². The summed E-state index contributed by atoms with van der Waals surface area (Å²) in [7, 11) is 0. The Kier molecular flexibility index (Phi) is 5.46. The van der Waals surface area contributed by atoms with Gasteiger partial charge in [-0.1, -0.05) is 42.5 Å². The van der Waals surface area contributed by atoms with Gasteiger partial charge in [-0.25, -0.2) is 4.79 Å². The fourth-order valence-electron chi connectivity index (χ4n) is 2.99. The van der Waals surface area contributed by atoms with Gasteiger partial charge in [-0.15, -0.1) is 0 Å². The number of hydrogen-bond acceptors (Lipinski definition) is 3. The number of ether oxygens (including phenoxy) is 1. The van der Waals surface area contributed by atoms with Crippen LogP contribution in [0.3, 0.4) is 0 Å². The highest BCUT2D eigenvalue weighted by atomic mass is 16.5. The van der Waals surface area contributed by atoms with E-state index in [4.69, 9.17) is 9.84 Å². The van der Waals surface area contributed by atoms with E-state index in [2.05, 4.69) is 17.4 Å². The summed E-state index contributed by atoms with van der Waals surface area (Å²) in [5, 5.41) is 11.7. The van der Waals surface area contributed by atoms with Gasteiger partial charge in [-0.05, 0) is 42.5 Å². The molecule has 0 radical (unpaired) electrons. The lowest BCUT2D eigenvalue weighted by molar-refractivity contribution is -0.132. The average Bonchev–Trinajstić information content (AvgIpc) is 3.09. The predicted octanol–water partition coefficient (Wildman–Crippen LogP) is 2.79. The lowest BCUT2D eigenvalue weighted by Gasteiger charge is -2.14. The van der Waals surface area contributed by atoms with E-state index in [-0.39, 0.29) is 17.6 Å². The second-order valence-corrected chi connectivity index (χ2v) is 6.23. The van der Waals surface area contributed by atoms with Crippen molar-refractivity contribution in [3.63, 3.8) is 0 Å². The minimum atomic E-state index is -0.959. The van der Waals surface area contributed by atoms with Gasteiger partial charge in [0.2, 0.25) is 5.91 Å². The molecular formula is C20H21NO4. The van der Waals surface area contributed by atoms with Gasteiger partial charge in [0.25, 0.3) is 0 Å². The number of amides is 1. The zero-order chi connectivity index (χ0) is 17.6. The van der Waals surface area contributed by atoms with E-state index in [1.807, 2.05) is 18.2 Å². The van der Waals surface area contributed by atoms with Crippen molar-refractivity contribution in [3.8, 4) is 0 Å². The molecule has 1 aliphatic rings. The second-order valence-electron chi connectivity index (χ2n) is 6.23. The molecule has 0 aliphatic carbocycles. The highest BCUT2D eigenvalue weighted by Crippen LogP contribution is 2.23. The number of aromatic carboxylic acids is 1. The van der Waals surface area contributed by atoms with E-state index in [1.54, 1.807) is 12.1 Å². The molecule has 1 saturated heterocycles. The van der Waals surface area contributed by atoms with Gasteiger partial charge in [-0.3, -0.25) is 4.79 Å². The molecule has 25 heavy (non-hydrogen) atoms. The van der Waals surface area contributed by atoms with Gasteiger partial charge in [0.15, 0.2) is 0 Å². The molecule has 5 heteroatoms. The van der Waals surface area contributed by atoms with Crippen LogP contribution < -0.4 is 5.32 Å². The number of carbonyl (C=O) groups excluding carboxylic acids is 1. The molecule has 1 fully saturated rings. The van der Waals surface area contributed by atoms with Crippen LogP contribution in [0, 0.1) is 0 Å². The summed E-state index contributed by atoms with van der Waals surface area (Å²) in [5.41, 5.74) is 2.31. The maximum Gasteiger partial charge on any atom is 0.335 e. The van der Waals surface area contributed by atoms with E-state index < -0.39 is 12.1 Å². The Hall–Kier alpha value is -2.66. The Morgan fingerprint density at radius 1 is 1.00 bits per heavy atom. The predicted molar refractivity (Wildman–Crippen MR) is 93.3 cm³/mol. The van der Waals surface area contributed by atoms with Gasteiger partial charge >= 0.3 is 5.97 Å². The van der Waals surface area contributed by atoms with Crippen molar-refractivity contribution in [2.75, 3.05) is 0 Å². The van der Waals surface area contributed by atoms with Gasteiger partial charge in [0.05, 0.1) is 11.7 Å². The number of benzene rings is 2. The molecule has 1 amide bonds. The van der Waals surface area contributed by atoms with Crippen LogP contribution in [-0.4, -0.2) is 29.2 Å². The minimum absolute atomic E-state index is 0.0769. The first kappa shape index (κ1) is 17.2. The maximum atomic E-state index is 12.3. The Morgan fingerprint density at radius 2 is 1.72 bits per heavy atom. The van der Waals surface area contributed by atoms with Crippen LogP contribution in [-0.2, 0) is 22.5 Å². The fourth-order valence-corrected chi connectivity index (χ4v) is 2.99. The summed E-state index contributed by atoms with van der Waals surface area (Å²) >= 11 is 0. The SMILES string of the molecule is O=C(O)c1ccc(CNC(=O)[C@@H]2CC[C@H](Cc3ccccc3)O2)cc1. The van der Waals surface area contributed by atoms with Crippen LogP contribution in [0.15, 0.2) is 54.6 Å². The van der Waals surface area contributed by atoms with E-state index in [0.29, 0.717) is 6.54 Å². The van der Waals surface area contributed by atoms with Crippen molar-refractivity contribution in [1.29, 1.82) is 0 Å². The van der Waals surface area contributed by atoms with Crippen molar-refractivity contribution in [2.24, 2.45) is 0 Å². The summed E-state index contributed by atoms with van der Waals surface area (Å²) in [5.74, 6) is -1.07. The zero-order valence-corrected chi connectivity index (χ0v) is 13.9. The first-order chi connectivity index (χ1) is 12.1. The van der Waals surface area contributed by atoms with Gasteiger partial charge in [-0.2, -0.15) is 0 Å². The third-order valence-corrected chi connectivity index (χ3v) is 4.37. The van der Waals surface area contributed by atoms with Gasteiger partial charge in [0.1, 0.15) is 6.10 Å². The standard InChI is InChI=1S/C20H21NO4/c22-19(21-13-15-6-8-16(9-7-15)20(23)24)18-11-10-17(25-18)12-14-4-2-1-3-5-14/h1-9,17-18H,10-13H2,(H,21,22)(H,23,24)/t17-,18+/m1/s1. The molecule has 2 N–H and O–H groups in total. The first-order valence-electron chi connectivity index (χ1n) is 8.41. The first-order valence-corrected chi connectivity index (χ1v) is 8.41. The summed E-state index contributed by atoms with van der Waals surface area (Å²) in [4.78, 5) is 23.1. The summed E-state index contributed by atoms with van der Waals surface area (Å²) in [6.07, 6.45) is 2.09. The molecule has 1 heterocycles. The molecule has 5 nitrogen and oxygen atoms in total. The molecule has 0 saturated carbocycles. The van der Waals surface area contributed by atoms with Crippen molar-refractivity contribution in [1.82, 2.24) is 5.32 Å². The monoisotopic (exact) mass is 339 g/mol. The van der Waals surface area contributed by atoms with Gasteiger partial charge in [0, 0.05) is 6.54 Å². The third-order valence-electron chi connectivity index (χ3n) is 4.37. The van der Waals surface area contributed by atoms with Crippen LogP contribution in [0.5, 0.6) is 0 Å².